The third kappa shape index (κ3) is 4.02. The number of benzene rings is 2. The predicted molar refractivity (Wildman–Crippen MR) is 124 cm³/mol. The fourth-order valence-corrected chi connectivity index (χ4v) is 4.46. The minimum Gasteiger partial charge on any atom is -0.467 e. The van der Waals surface area contributed by atoms with Gasteiger partial charge in [0.2, 0.25) is 0 Å². The van der Waals surface area contributed by atoms with Gasteiger partial charge >= 0.3 is 0 Å². The number of carbonyl (C=O) groups is 1. The van der Waals surface area contributed by atoms with Crippen LogP contribution in [0.25, 0.3) is 5.69 Å². The van der Waals surface area contributed by atoms with Gasteiger partial charge < -0.3 is 19.2 Å². The zero-order valence-electron chi connectivity index (χ0n) is 18.6. The van der Waals surface area contributed by atoms with Gasteiger partial charge in [-0.15, -0.1) is 0 Å². The summed E-state index contributed by atoms with van der Waals surface area (Å²) in [5.41, 5.74) is 4.08. The van der Waals surface area contributed by atoms with Crippen molar-refractivity contribution in [1.82, 2.24) is 14.9 Å². The average molecular weight is 445 g/mol. The summed E-state index contributed by atoms with van der Waals surface area (Å²) in [6.45, 7) is 4.72. The Morgan fingerprint density at radius 2 is 2.06 bits per heavy atom. The van der Waals surface area contributed by atoms with E-state index in [0.29, 0.717) is 41.0 Å². The average Bonchev–Trinajstić information content (AvgIpc) is 3.52. The largest absolute Gasteiger partial charge is 0.467 e. The highest BCUT2D eigenvalue weighted by molar-refractivity contribution is 5.95. The third-order valence-corrected chi connectivity index (χ3v) is 6.20. The highest BCUT2D eigenvalue weighted by atomic mass is 19.1. The first-order valence-corrected chi connectivity index (χ1v) is 11.0. The normalized spacial score (nSPS) is 15.0. The second-order valence-corrected chi connectivity index (χ2v) is 8.38. The molecule has 168 valence electrons. The number of amides is 1. The molecule has 0 saturated heterocycles. The summed E-state index contributed by atoms with van der Waals surface area (Å²) in [6, 6.07) is 15.3. The van der Waals surface area contributed by atoms with Crippen molar-refractivity contribution in [2.24, 2.45) is 0 Å². The maximum atomic E-state index is 14.7. The Kier molecular flexibility index (Phi) is 5.46. The second kappa shape index (κ2) is 8.58. The summed E-state index contributed by atoms with van der Waals surface area (Å²) in [5.74, 6) is 0.716. The Morgan fingerprint density at radius 3 is 2.85 bits per heavy atom. The van der Waals surface area contributed by atoms with Crippen molar-refractivity contribution in [3.63, 3.8) is 0 Å². The number of para-hydroxylation sites is 1. The first-order chi connectivity index (χ1) is 16.0. The highest BCUT2D eigenvalue weighted by Crippen LogP contribution is 2.33. The van der Waals surface area contributed by atoms with E-state index in [9.17, 15) is 9.18 Å². The standard InChI is InChI=1S/C26H25FN4O2/c1-17-13-20-5-3-4-6-23(20)31(17)16-25-21(9-12-33-25)26(32)29-15-19-7-8-24(22(27)14-19)30-11-10-28-18(30)2/h3-12,14,17H,13,15-16H2,1-2H3,(H,29,32). The van der Waals surface area contributed by atoms with Crippen LogP contribution in [0.5, 0.6) is 0 Å². The van der Waals surface area contributed by atoms with Gasteiger partial charge in [-0.3, -0.25) is 4.79 Å². The summed E-state index contributed by atoms with van der Waals surface area (Å²) in [6.07, 6.45) is 5.86. The number of imidazole rings is 1. The Bertz CT molecular complexity index is 1310. The fraction of sp³-hybridized carbons (Fsp3) is 0.231. The SMILES string of the molecule is Cc1nccn1-c1ccc(CNC(=O)c2ccoc2CN2c3ccccc3CC2C)cc1F. The lowest BCUT2D eigenvalue weighted by molar-refractivity contribution is 0.0948. The lowest BCUT2D eigenvalue weighted by Crippen LogP contribution is -2.30. The number of aromatic nitrogens is 2. The van der Waals surface area contributed by atoms with Crippen molar-refractivity contribution < 1.29 is 13.6 Å². The van der Waals surface area contributed by atoms with Gasteiger partial charge in [0.05, 0.1) is 24.1 Å². The molecule has 5 rings (SSSR count). The van der Waals surface area contributed by atoms with E-state index in [1.165, 1.54) is 17.3 Å². The van der Waals surface area contributed by atoms with E-state index in [1.54, 1.807) is 41.4 Å². The molecular weight excluding hydrogens is 419 g/mol. The van der Waals surface area contributed by atoms with Crippen LogP contribution in [0, 0.1) is 12.7 Å². The molecule has 3 heterocycles. The Morgan fingerprint density at radius 1 is 1.21 bits per heavy atom. The monoisotopic (exact) mass is 444 g/mol. The fourth-order valence-electron chi connectivity index (χ4n) is 4.46. The topological polar surface area (TPSA) is 63.3 Å². The number of nitrogens with zero attached hydrogens (tertiary/aromatic N) is 3. The number of rotatable bonds is 6. The number of anilines is 1. The van der Waals surface area contributed by atoms with E-state index >= 15 is 0 Å². The van der Waals surface area contributed by atoms with Gasteiger partial charge in [0.25, 0.3) is 5.91 Å². The molecule has 4 aromatic rings. The first kappa shape index (κ1) is 21.0. The van der Waals surface area contributed by atoms with Crippen LogP contribution in [0.2, 0.25) is 0 Å². The molecule has 1 unspecified atom stereocenters. The first-order valence-electron chi connectivity index (χ1n) is 11.0. The molecule has 33 heavy (non-hydrogen) atoms. The molecule has 6 nitrogen and oxygen atoms in total. The molecule has 0 bridgehead atoms. The van der Waals surface area contributed by atoms with E-state index in [1.807, 2.05) is 19.1 Å². The molecule has 2 aromatic heterocycles. The van der Waals surface area contributed by atoms with E-state index in [-0.39, 0.29) is 18.3 Å². The Labute approximate surface area is 191 Å². The van der Waals surface area contributed by atoms with Crippen LogP contribution in [0.15, 0.2) is 71.6 Å². The minimum atomic E-state index is -0.367. The lowest BCUT2D eigenvalue weighted by Gasteiger charge is -2.24. The van der Waals surface area contributed by atoms with Crippen molar-refractivity contribution in [1.29, 1.82) is 0 Å². The van der Waals surface area contributed by atoms with Gasteiger partial charge in [0.1, 0.15) is 17.4 Å². The number of halogens is 1. The van der Waals surface area contributed by atoms with Crippen molar-refractivity contribution in [2.45, 2.75) is 39.4 Å². The van der Waals surface area contributed by atoms with Crippen molar-refractivity contribution in [3.8, 4) is 5.69 Å². The Balaban J connectivity index is 1.27. The summed E-state index contributed by atoms with van der Waals surface area (Å²) < 4.78 is 22.0. The molecule has 1 amide bonds. The maximum absolute atomic E-state index is 14.7. The van der Waals surface area contributed by atoms with Gasteiger partial charge in [0.15, 0.2) is 0 Å². The maximum Gasteiger partial charge on any atom is 0.255 e. The number of hydrogen-bond acceptors (Lipinski definition) is 4. The molecule has 0 fully saturated rings. The van der Waals surface area contributed by atoms with E-state index < -0.39 is 0 Å². The number of fused-ring (bicyclic) bond motifs is 1. The van der Waals surface area contributed by atoms with Gasteiger partial charge in [-0.1, -0.05) is 24.3 Å². The molecule has 1 atom stereocenters. The van der Waals surface area contributed by atoms with Crippen LogP contribution < -0.4 is 10.2 Å². The van der Waals surface area contributed by atoms with Crippen molar-refractivity contribution in [2.75, 3.05) is 4.90 Å². The third-order valence-electron chi connectivity index (χ3n) is 6.20. The molecule has 0 saturated carbocycles. The van der Waals surface area contributed by atoms with Gasteiger partial charge in [0, 0.05) is 30.7 Å². The lowest BCUT2D eigenvalue weighted by atomic mass is 10.1. The van der Waals surface area contributed by atoms with Crippen LogP contribution in [0.3, 0.4) is 0 Å². The molecule has 7 heteroatoms. The summed E-state index contributed by atoms with van der Waals surface area (Å²) in [7, 11) is 0. The van der Waals surface area contributed by atoms with Crippen LogP contribution >= 0.6 is 0 Å². The van der Waals surface area contributed by atoms with E-state index in [4.69, 9.17) is 4.42 Å². The molecular formula is C26H25FN4O2. The van der Waals surface area contributed by atoms with E-state index in [2.05, 4.69) is 34.3 Å². The number of nitrogens with one attached hydrogen (secondary N) is 1. The molecule has 1 N–H and O–H groups in total. The zero-order chi connectivity index (χ0) is 22.9. The van der Waals surface area contributed by atoms with E-state index in [0.717, 1.165) is 6.42 Å². The molecule has 1 aliphatic heterocycles. The summed E-state index contributed by atoms with van der Waals surface area (Å²) in [5, 5.41) is 2.89. The quantitative estimate of drug-likeness (QED) is 0.464. The minimum absolute atomic E-state index is 0.215. The van der Waals surface area contributed by atoms with Gasteiger partial charge in [-0.25, -0.2) is 9.37 Å². The zero-order valence-corrected chi connectivity index (χ0v) is 18.6. The number of carbonyl (C=O) groups excluding carboxylic acids is 1. The predicted octanol–water partition coefficient (Wildman–Crippen LogP) is 4.79. The van der Waals surface area contributed by atoms with Gasteiger partial charge in [-0.2, -0.15) is 0 Å². The number of aryl methyl sites for hydroxylation is 1. The summed E-state index contributed by atoms with van der Waals surface area (Å²) in [4.78, 5) is 19.3. The smallest absolute Gasteiger partial charge is 0.255 e. The van der Waals surface area contributed by atoms with Crippen LogP contribution in [-0.2, 0) is 19.5 Å². The highest BCUT2D eigenvalue weighted by Gasteiger charge is 2.28. The van der Waals surface area contributed by atoms with Gasteiger partial charge in [-0.05, 0) is 55.7 Å². The molecule has 1 aliphatic rings. The molecule has 0 radical (unpaired) electrons. The van der Waals surface area contributed by atoms with Crippen LogP contribution in [0.1, 0.15) is 40.0 Å². The van der Waals surface area contributed by atoms with Crippen LogP contribution in [-0.4, -0.2) is 21.5 Å². The van der Waals surface area contributed by atoms with Crippen molar-refractivity contribution in [3.05, 3.63) is 101 Å². The van der Waals surface area contributed by atoms with Crippen LogP contribution in [0.4, 0.5) is 10.1 Å². The second-order valence-electron chi connectivity index (χ2n) is 8.38. The molecule has 0 aliphatic carbocycles. The number of furan rings is 1. The van der Waals surface area contributed by atoms with Crippen molar-refractivity contribution >= 4 is 11.6 Å². The molecule has 0 spiro atoms. The number of hydrogen-bond donors (Lipinski definition) is 1. The summed E-state index contributed by atoms with van der Waals surface area (Å²) >= 11 is 0. The molecule has 2 aromatic carbocycles. The Hall–Kier alpha value is -3.87.